The molecule has 1 aliphatic heterocycles. The van der Waals surface area contributed by atoms with Gasteiger partial charge in [0, 0.05) is 4.88 Å². The van der Waals surface area contributed by atoms with E-state index < -0.39 is 11.6 Å². The lowest BCUT2D eigenvalue weighted by molar-refractivity contribution is -0.110. The van der Waals surface area contributed by atoms with Crippen LogP contribution >= 0.6 is 11.3 Å². The summed E-state index contributed by atoms with van der Waals surface area (Å²) in [5, 5.41) is 12.9. The highest BCUT2D eigenvalue weighted by atomic mass is 32.1. The molecule has 0 unspecified atom stereocenters. The number of hydrogen-bond donors (Lipinski definition) is 2. The second-order valence-electron chi connectivity index (χ2n) is 5.46. The number of halogens is 1. The van der Waals surface area contributed by atoms with Crippen molar-refractivity contribution in [3.63, 3.8) is 0 Å². The molecule has 4 nitrogen and oxygen atoms in total. The van der Waals surface area contributed by atoms with Crippen LogP contribution in [0.3, 0.4) is 0 Å². The zero-order chi connectivity index (χ0) is 15.3. The number of phenolic OH excluding ortho intramolecular Hbond substituents is 1. The molecule has 22 heavy (non-hydrogen) atoms. The van der Waals surface area contributed by atoms with E-state index in [1.165, 1.54) is 17.0 Å². The molecule has 2 N–H and O–H groups in total. The van der Waals surface area contributed by atoms with Crippen LogP contribution in [-0.4, -0.2) is 16.0 Å². The summed E-state index contributed by atoms with van der Waals surface area (Å²) in [6.07, 6.45) is 5.91. The Morgan fingerprint density at radius 1 is 1.32 bits per heavy atom. The van der Waals surface area contributed by atoms with Crippen molar-refractivity contribution in [2.75, 3.05) is 5.32 Å². The highest BCUT2D eigenvalue weighted by Crippen LogP contribution is 2.39. The van der Waals surface area contributed by atoms with E-state index >= 15 is 0 Å². The molecule has 0 radical (unpaired) electrons. The molecule has 1 aliphatic carbocycles. The predicted octanol–water partition coefficient (Wildman–Crippen LogP) is 3.36. The zero-order valence-corrected chi connectivity index (χ0v) is 12.5. The van der Waals surface area contributed by atoms with Gasteiger partial charge in [-0.05, 0) is 43.9 Å². The monoisotopic (exact) mass is 316 g/mol. The van der Waals surface area contributed by atoms with Crippen LogP contribution < -0.4 is 5.32 Å². The second-order valence-corrected chi connectivity index (χ2v) is 6.58. The second kappa shape index (κ2) is 4.91. The van der Waals surface area contributed by atoms with E-state index in [0.717, 1.165) is 31.4 Å². The first-order chi connectivity index (χ1) is 10.6. The third kappa shape index (κ3) is 2.02. The average Bonchev–Trinajstić information content (AvgIpc) is 3.05. The topological polar surface area (TPSA) is 62.2 Å². The summed E-state index contributed by atoms with van der Waals surface area (Å²) < 4.78 is 14.2. The number of fused-ring (bicyclic) bond motifs is 2. The van der Waals surface area contributed by atoms with Crippen molar-refractivity contribution in [2.24, 2.45) is 0 Å². The van der Waals surface area contributed by atoms with E-state index in [2.05, 4.69) is 10.3 Å². The van der Waals surface area contributed by atoms with Crippen molar-refractivity contribution < 1.29 is 14.3 Å². The molecule has 6 heteroatoms. The molecule has 0 bridgehead atoms. The zero-order valence-electron chi connectivity index (χ0n) is 11.6. The first-order valence-corrected chi connectivity index (χ1v) is 7.98. The number of rotatable bonds is 1. The molecule has 2 heterocycles. The number of nitrogens with zero attached hydrogens (tertiary/aromatic N) is 1. The summed E-state index contributed by atoms with van der Waals surface area (Å²) >= 11 is 1.56. The van der Waals surface area contributed by atoms with Gasteiger partial charge in [0.25, 0.3) is 5.91 Å². The van der Waals surface area contributed by atoms with Crippen molar-refractivity contribution in [3.8, 4) is 5.75 Å². The Morgan fingerprint density at radius 2 is 2.14 bits per heavy atom. The lowest BCUT2D eigenvalue weighted by atomic mass is 10.0. The number of anilines is 1. The lowest BCUT2D eigenvalue weighted by Gasteiger charge is -2.06. The fourth-order valence-corrected chi connectivity index (χ4v) is 4.03. The Balaban J connectivity index is 1.82. The molecule has 0 saturated carbocycles. The largest absolute Gasteiger partial charge is 0.505 e. The summed E-state index contributed by atoms with van der Waals surface area (Å²) in [6.45, 7) is 0. The summed E-state index contributed by atoms with van der Waals surface area (Å²) in [6, 6.07) is 2.73. The van der Waals surface area contributed by atoms with E-state index in [1.807, 2.05) is 0 Å². The van der Waals surface area contributed by atoms with Gasteiger partial charge in [0.1, 0.15) is 5.01 Å². The summed E-state index contributed by atoms with van der Waals surface area (Å²) in [5.74, 6) is -1.60. The minimum absolute atomic E-state index is 0.123. The minimum atomic E-state index is -0.775. The van der Waals surface area contributed by atoms with Crippen LogP contribution in [0.1, 0.15) is 34.0 Å². The number of carbonyl (C=O) groups excluding carboxylic acids is 1. The van der Waals surface area contributed by atoms with Crippen LogP contribution in [0, 0.1) is 5.82 Å². The Hall–Kier alpha value is -2.21. The molecule has 0 spiro atoms. The van der Waals surface area contributed by atoms with Gasteiger partial charge < -0.3 is 10.4 Å². The number of benzene rings is 1. The Bertz CT molecular complexity index is 802. The molecule has 0 saturated heterocycles. The molecule has 1 aromatic heterocycles. The van der Waals surface area contributed by atoms with E-state index in [-0.39, 0.29) is 17.0 Å². The standard InChI is InChI=1S/C16H13FN2O2S/c17-15-11(20)6-5-10-14(15)8(16(21)19-10)7-13-18-9-3-1-2-4-12(9)22-13/h5-7,20H,1-4H2,(H,19,21). The third-order valence-corrected chi connectivity index (χ3v) is 5.12. The molecule has 4 rings (SSSR count). The molecule has 2 aliphatic rings. The summed E-state index contributed by atoms with van der Waals surface area (Å²) in [7, 11) is 0. The maximum absolute atomic E-state index is 14.2. The van der Waals surface area contributed by atoms with Crippen LogP contribution in [0.15, 0.2) is 12.1 Å². The van der Waals surface area contributed by atoms with Crippen molar-refractivity contribution >= 4 is 34.6 Å². The Morgan fingerprint density at radius 3 is 2.95 bits per heavy atom. The first-order valence-electron chi connectivity index (χ1n) is 7.17. The number of thiazole rings is 1. The van der Waals surface area contributed by atoms with Gasteiger partial charge in [-0.15, -0.1) is 11.3 Å². The van der Waals surface area contributed by atoms with E-state index in [4.69, 9.17) is 0 Å². The van der Waals surface area contributed by atoms with E-state index in [9.17, 15) is 14.3 Å². The maximum atomic E-state index is 14.2. The predicted molar refractivity (Wildman–Crippen MR) is 83.3 cm³/mol. The Labute approximate surface area is 130 Å². The van der Waals surface area contributed by atoms with Gasteiger partial charge in [-0.25, -0.2) is 9.37 Å². The third-order valence-electron chi connectivity index (χ3n) is 4.01. The number of aryl methyl sites for hydroxylation is 2. The van der Waals surface area contributed by atoms with Crippen LogP contribution in [0.2, 0.25) is 0 Å². The molecule has 1 aromatic carbocycles. The molecular formula is C16H13FN2O2S. The number of aromatic hydroxyl groups is 1. The van der Waals surface area contributed by atoms with Crippen molar-refractivity contribution in [2.45, 2.75) is 25.7 Å². The lowest BCUT2D eigenvalue weighted by Crippen LogP contribution is -2.03. The quantitative estimate of drug-likeness (QED) is 0.626. The van der Waals surface area contributed by atoms with Crippen molar-refractivity contribution in [1.82, 2.24) is 4.98 Å². The van der Waals surface area contributed by atoms with Gasteiger partial charge in [-0.3, -0.25) is 4.79 Å². The van der Waals surface area contributed by atoms with Crippen LogP contribution in [0.4, 0.5) is 10.1 Å². The number of aromatic nitrogens is 1. The fourth-order valence-electron chi connectivity index (χ4n) is 2.93. The maximum Gasteiger partial charge on any atom is 0.256 e. The van der Waals surface area contributed by atoms with Gasteiger partial charge >= 0.3 is 0 Å². The minimum Gasteiger partial charge on any atom is -0.505 e. The highest BCUT2D eigenvalue weighted by Gasteiger charge is 2.29. The van der Waals surface area contributed by atoms with Crippen LogP contribution in [-0.2, 0) is 17.6 Å². The van der Waals surface area contributed by atoms with Crippen molar-refractivity contribution in [3.05, 3.63) is 39.1 Å². The number of carbonyl (C=O) groups is 1. The number of phenols is 1. The molecule has 2 aromatic rings. The highest BCUT2D eigenvalue weighted by molar-refractivity contribution is 7.12. The van der Waals surface area contributed by atoms with Gasteiger partial charge in [0.05, 0.1) is 22.5 Å². The smallest absolute Gasteiger partial charge is 0.256 e. The van der Waals surface area contributed by atoms with Gasteiger partial charge in [-0.1, -0.05) is 0 Å². The fraction of sp³-hybridized carbons (Fsp3) is 0.250. The molecule has 112 valence electrons. The van der Waals surface area contributed by atoms with E-state index in [1.54, 1.807) is 17.4 Å². The molecule has 1 amide bonds. The average molecular weight is 316 g/mol. The number of nitrogens with one attached hydrogen (secondary N) is 1. The van der Waals surface area contributed by atoms with Gasteiger partial charge in [-0.2, -0.15) is 0 Å². The Kier molecular flexibility index (Phi) is 3.00. The SMILES string of the molecule is O=C1Nc2ccc(O)c(F)c2C1=Cc1nc2c(s1)CCCC2. The normalized spacial score (nSPS) is 18.2. The molecule has 0 atom stereocenters. The van der Waals surface area contributed by atoms with Crippen molar-refractivity contribution in [1.29, 1.82) is 0 Å². The first kappa shape index (κ1) is 13.5. The number of hydrogen-bond acceptors (Lipinski definition) is 4. The molecular weight excluding hydrogens is 303 g/mol. The summed E-state index contributed by atoms with van der Waals surface area (Å²) in [4.78, 5) is 17.9. The van der Waals surface area contributed by atoms with Gasteiger partial charge in [0.2, 0.25) is 0 Å². The van der Waals surface area contributed by atoms with Gasteiger partial charge in [0.15, 0.2) is 11.6 Å². The summed E-state index contributed by atoms with van der Waals surface area (Å²) in [5.41, 5.74) is 1.82. The molecule has 0 fully saturated rings. The van der Waals surface area contributed by atoms with Crippen LogP contribution in [0.5, 0.6) is 5.75 Å². The van der Waals surface area contributed by atoms with Crippen LogP contribution in [0.25, 0.3) is 11.6 Å². The van der Waals surface area contributed by atoms with E-state index in [0.29, 0.717) is 10.7 Å². The number of amides is 1.